The molecule has 0 spiro atoms. The predicted molar refractivity (Wildman–Crippen MR) is 72.0 cm³/mol. The Morgan fingerprint density at radius 3 is 2.82 bits per heavy atom. The largest absolute Gasteiger partial charge is 0.486 e. The van der Waals surface area contributed by atoms with Crippen LogP contribution in [0.4, 0.5) is 0 Å². The monoisotopic (exact) mass is 299 g/mol. The van der Waals surface area contributed by atoms with Crippen LogP contribution in [-0.4, -0.2) is 19.8 Å². The highest BCUT2D eigenvalue weighted by Crippen LogP contribution is 2.43. The second-order valence-electron chi connectivity index (χ2n) is 4.40. The Balaban J connectivity index is 2.50. The van der Waals surface area contributed by atoms with Crippen LogP contribution < -0.4 is 15.2 Å². The third-order valence-electron chi connectivity index (χ3n) is 3.17. The van der Waals surface area contributed by atoms with Crippen molar-refractivity contribution in [3.05, 3.63) is 21.7 Å². The third kappa shape index (κ3) is 2.43. The van der Waals surface area contributed by atoms with Gasteiger partial charge in [0, 0.05) is 10.0 Å². The lowest BCUT2D eigenvalue weighted by atomic mass is 9.92. The fraction of sp³-hybridized carbons (Fsp3) is 0.538. The first-order valence-electron chi connectivity index (χ1n) is 5.93. The van der Waals surface area contributed by atoms with Crippen molar-refractivity contribution in [1.29, 1.82) is 0 Å². The van der Waals surface area contributed by atoms with Crippen LogP contribution in [0.15, 0.2) is 10.5 Å². The molecule has 1 aromatic rings. The summed E-state index contributed by atoms with van der Waals surface area (Å²) in [6, 6.07) is 1.99. The molecule has 0 saturated heterocycles. The van der Waals surface area contributed by atoms with Gasteiger partial charge in [0.15, 0.2) is 11.5 Å². The highest BCUT2D eigenvalue weighted by molar-refractivity contribution is 9.10. The summed E-state index contributed by atoms with van der Waals surface area (Å²) in [4.78, 5) is 0. The zero-order chi connectivity index (χ0) is 12.4. The van der Waals surface area contributed by atoms with Gasteiger partial charge in [-0.1, -0.05) is 22.9 Å². The van der Waals surface area contributed by atoms with Gasteiger partial charge in [-0.05, 0) is 37.4 Å². The molecule has 1 aliphatic heterocycles. The molecule has 4 heteroatoms. The molecule has 94 valence electrons. The van der Waals surface area contributed by atoms with Crippen molar-refractivity contribution in [2.75, 3.05) is 19.8 Å². The molecule has 3 nitrogen and oxygen atoms in total. The van der Waals surface area contributed by atoms with Crippen LogP contribution in [0.1, 0.15) is 30.4 Å². The van der Waals surface area contributed by atoms with Crippen LogP contribution in [0, 0.1) is 6.92 Å². The van der Waals surface area contributed by atoms with Gasteiger partial charge in [0.1, 0.15) is 13.2 Å². The first-order valence-corrected chi connectivity index (χ1v) is 6.73. The van der Waals surface area contributed by atoms with Crippen LogP contribution in [0.2, 0.25) is 0 Å². The van der Waals surface area contributed by atoms with Crippen molar-refractivity contribution < 1.29 is 9.47 Å². The predicted octanol–water partition coefficient (Wildman–Crippen LogP) is 2.98. The van der Waals surface area contributed by atoms with Gasteiger partial charge < -0.3 is 15.2 Å². The zero-order valence-electron chi connectivity index (χ0n) is 10.3. The maximum Gasteiger partial charge on any atom is 0.165 e. The van der Waals surface area contributed by atoms with E-state index in [9.17, 15) is 0 Å². The minimum atomic E-state index is 0.382. The molecule has 1 atom stereocenters. The molecule has 0 aliphatic carbocycles. The molecule has 0 radical (unpaired) electrons. The summed E-state index contributed by atoms with van der Waals surface area (Å²) in [7, 11) is 0. The van der Waals surface area contributed by atoms with E-state index in [1.807, 2.05) is 6.07 Å². The molecule has 1 aromatic carbocycles. The van der Waals surface area contributed by atoms with Gasteiger partial charge in [0.25, 0.3) is 0 Å². The van der Waals surface area contributed by atoms with Crippen LogP contribution >= 0.6 is 15.9 Å². The van der Waals surface area contributed by atoms with Crippen molar-refractivity contribution >= 4 is 15.9 Å². The van der Waals surface area contributed by atoms with E-state index in [2.05, 4.69) is 29.8 Å². The van der Waals surface area contributed by atoms with Gasteiger partial charge in [-0.15, -0.1) is 0 Å². The van der Waals surface area contributed by atoms with E-state index in [1.165, 1.54) is 11.1 Å². The highest BCUT2D eigenvalue weighted by Gasteiger charge is 2.23. The molecule has 0 amide bonds. The number of hydrogen-bond acceptors (Lipinski definition) is 3. The summed E-state index contributed by atoms with van der Waals surface area (Å²) in [5.74, 6) is 2.12. The van der Waals surface area contributed by atoms with Crippen LogP contribution in [-0.2, 0) is 0 Å². The Labute approximate surface area is 110 Å². The molecule has 2 N–H and O–H groups in total. The quantitative estimate of drug-likeness (QED) is 0.933. The second kappa shape index (κ2) is 5.27. The second-order valence-corrected chi connectivity index (χ2v) is 5.25. The summed E-state index contributed by atoms with van der Waals surface area (Å²) in [5.41, 5.74) is 8.09. The molecule has 1 unspecified atom stereocenters. The van der Waals surface area contributed by atoms with Crippen molar-refractivity contribution in [1.82, 2.24) is 0 Å². The number of halogens is 1. The Bertz CT molecular complexity index is 420. The van der Waals surface area contributed by atoms with Crippen LogP contribution in [0.5, 0.6) is 11.5 Å². The zero-order valence-corrected chi connectivity index (χ0v) is 11.8. The maximum absolute atomic E-state index is 5.77. The van der Waals surface area contributed by atoms with Gasteiger partial charge in [-0.3, -0.25) is 0 Å². The highest BCUT2D eigenvalue weighted by atomic mass is 79.9. The first-order chi connectivity index (χ1) is 8.15. The number of ether oxygens (including phenoxy) is 2. The number of benzene rings is 1. The van der Waals surface area contributed by atoms with E-state index in [0.717, 1.165) is 22.4 Å². The fourth-order valence-electron chi connectivity index (χ4n) is 2.26. The SMILES string of the molecule is Cc1c(Br)cc2c(c1C(C)CCN)OCCO2. The van der Waals surface area contributed by atoms with Crippen molar-refractivity contribution in [3.63, 3.8) is 0 Å². The average Bonchev–Trinajstić information content (AvgIpc) is 2.31. The van der Waals surface area contributed by atoms with Gasteiger partial charge >= 0.3 is 0 Å². The summed E-state index contributed by atoms with van der Waals surface area (Å²) in [6.45, 7) is 6.21. The number of rotatable bonds is 3. The van der Waals surface area contributed by atoms with E-state index in [4.69, 9.17) is 15.2 Å². The average molecular weight is 300 g/mol. The first kappa shape index (κ1) is 12.7. The summed E-state index contributed by atoms with van der Waals surface area (Å²) in [6.07, 6.45) is 0.951. The number of nitrogens with two attached hydrogens (primary N) is 1. The van der Waals surface area contributed by atoms with Gasteiger partial charge in [0.2, 0.25) is 0 Å². The lowest BCUT2D eigenvalue weighted by Gasteiger charge is -2.26. The molecule has 2 rings (SSSR count). The normalized spacial score (nSPS) is 15.8. The van der Waals surface area contributed by atoms with Gasteiger partial charge in [-0.2, -0.15) is 0 Å². The minimum absolute atomic E-state index is 0.382. The molecular weight excluding hydrogens is 282 g/mol. The van der Waals surface area contributed by atoms with E-state index in [0.29, 0.717) is 25.7 Å². The van der Waals surface area contributed by atoms with E-state index in [1.54, 1.807) is 0 Å². The lowest BCUT2D eigenvalue weighted by Crippen LogP contribution is -2.18. The van der Waals surface area contributed by atoms with Crippen molar-refractivity contribution in [3.8, 4) is 11.5 Å². The lowest BCUT2D eigenvalue weighted by molar-refractivity contribution is 0.169. The standard InChI is InChI=1S/C13H18BrNO2/c1-8(3-4-15)12-9(2)10(14)7-11-13(12)17-6-5-16-11/h7-8H,3-6,15H2,1-2H3. The fourth-order valence-corrected chi connectivity index (χ4v) is 2.68. The Hall–Kier alpha value is -0.740. The molecular formula is C13H18BrNO2. The molecule has 0 bridgehead atoms. The van der Waals surface area contributed by atoms with Crippen molar-refractivity contribution in [2.24, 2.45) is 5.73 Å². The molecule has 0 saturated carbocycles. The van der Waals surface area contributed by atoms with E-state index in [-0.39, 0.29) is 0 Å². The number of hydrogen-bond donors (Lipinski definition) is 1. The summed E-state index contributed by atoms with van der Waals surface area (Å²) >= 11 is 3.58. The smallest absolute Gasteiger partial charge is 0.165 e. The van der Waals surface area contributed by atoms with Crippen LogP contribution in [0.3, 0.4) is 0 Å². The van der Waals surface area contributed by atoms with E-state index < -0.39 is 0 Å². The van der Waals surface area contributed by atoms with E-state index >= 15 is 0 Å². The molecule has 1 aliphatic rings. The maximum atomic E-state index is 5.77. The summed E-state index contributed by atoms with van der Waals surface area (Å²) in [5, 5.41) is 0. The topological polar surface area (TPSA) is 44.5 Å². The molecule has 0 fully saturated rings. The third-order valence-corrected chi connectivity index (χ3v) is 3.99. The Morgan fingerprint density at radius 2 is 2.12 bits per heavy atom. The number of fused-ring (bicyclic) bond motifs is 1. The van der Waals surface area contributed by atoms with Crippen LogP contribution in [0.25, 0.3) is 0 Å². The van der Waals surface area contributed by atoms with Gasteiger partial charge in [-0.25, -0.2) is 0 Å². The Kier molecular flexibility index (Phi) is 3.94. The van der Waals surface area contributed by atoms with Gasteiger partial charge in [0.05, 0.1) is 0 Å². The Morgan fingerprint density at radius 1 is 1.41 bits per heavy atom. The molecule has 1 heterocycles. The molecule has 0 aromatic heterocycles. The minimum Gasteiger partial charge on any atom is -0.486 e. The van der Waals surface area contributed by atoms with Crippen molar-refractivity contribution in [2.45, 2.75) is 26.2 Å². The summed E-state index contributed by atoms with van der Waals surface area (Å²) < 4.78 is 12.5. The molecule has 17 heavy (non-hydrogen) atoms.